The summed E-state index contributed by atoms with van der Waals surface area (Å²) in [7, 11) is -1.02. The third kappa shape index (κ3) is 5.63. The van der Waals surface area contributed by atoms with Crippen LogP contribution in [0, 0.1) is 19.7 Å². The van der Waals surface area contributed by atoms with Gasteiger partial charge in [-0.2, -0.15) is 8.42 Å². The van der Waals surface area contributed by atoms with Crippen LogP contribution in [0.3, 0.4) is 0 Å². The minimum atomic E-state index is -3.71. The molecule has 1 aromatic heterocycles. The Balaban J connectivity index is 1.89. The molecule has 0 radical (unpaired) electrons. The first-order chi connectivity index (χ1) is 16.0. The molecular weight excluding hydrogens is 451 g/mol. The molecule has 0 atom stereocenters. The van der Waals surface area contributed by atoms with Gasteiger partial charge in [0.25, 0.3) is 0 Å². The summed E-state index contributed by atoms with van der Waals surface area (Å²) in [4.78, 5) is 4.51. The Morgan fingerprint density at radius 1 is 1.03 bits per heavy atom. The van der Waals surface area contributed by atoms with E-state index in [4.69, 9.17) is 0 Å². The number of hydrogen-bond acceptors (Lipinski definition) is 4. The standard InChI is InChI=1S/C26H31FN4O2S/c1-17(2)11-12-29-26-10-7-20(16-30-26)23-13-19(4)24(14-18(23)3)22-9-8-21(15-25(22)27)31(6)34(32,33)28-5/h7-11,13-16,28H,12H2,1-6H3,(H,29,30). The van der Waals surface area contributed by atoms with Crippen LogP contribution in [0.4, 0.5) is 15.9 Å². The fourth-order valence-electron chi connectivity index (χ4n) is 3.63. The highest BCUT2D eigenvalue weighted by Gasteiger charge is 2.18. The molecular formula is C26H31FN4O2S. The zero-order valence-electron chi connectivity index (χ0n) is 20.4. The van der Waals surface area contributed by atoms with Gasteiger partial charge in [-0.1, -0.05) is 23.8 Å². The minimum Gasteiger partial charge on any atom is -0.367 e. The molecule has 34 heavy (non-hydrogen) atoms. The van der Waals surface area contributed by atoms with Crippen LogP contribution in [0.5, 0.6) is 0 Å². The maximum absolute atomic E-state index is 15.1. The zero-order valence-corrected chi connectivity index (χ0v) is 21.2. The van der Waals surface area contributed by atoms with Gasteiger partial charge in [-0.3, -0.25) is 4.31 Å². The molecule has 0 aliphatic heterocycles. The Bertz CT molecular complexity index is 1320. The molecule has 0 unspecified atom stereocenters. The van der Waals surface area contributed by atoms with Crippen molar-refractivity contribution in [3.05, 3.63) is 77.3 Å². The maximum atomic E-state index is 15.1. The number of anilines is 2. The van der Waals surface area contributed by atoms with E-state index in [-0.39, 0.29) is 5.69 Å². The monoisotopic (exact) mass is 482 g/mol. The normalized spacial score (nSPS) is 11.3. The average Bonchev–Trinajstić information content (AvgIpc) is 2.80. The minimum absolute atomic E-state index is 0.242. The van der Waals surface area contributed by atoms with E-state index < -0.39 is 16.0 Å². The number of rotatable bonds is 8. The first-order valence-corrected chi connectivity index (χ1v) is 12.4. The van der Waals surface area contributed by atoms with E-state index >= 15 is 4.39 Å². The molecule has 0 amide bonds. The van der Waals surface area contributed by atoms with E-state index in [9.17, 15) is 8.42 Å². The summed E-state index contributed by atoms with van der Waals surface area (Å²) in [6.45, 7) is 8.76. The van der Waals surface area contributed by atoms with Crippen molar-refractivity contribution in [1.29, 1.82) is 0 Å². The number of nitrogens with one attached hydrogen (secondary N) is 2. The lowest BCUT2D eigenvalue weighted by molar-refractivity contribution is 0.586. The topological polar surface area (TPSA) is 74.3 Å². The average molecular weight is 483 g/mol. The van der Waals surface area contributed by atoms with Crippen LogP contribution in [-0.4, -0.2) is 34.0 Å². The molecule has 8 heteroatoms. The van der Waals surface area contributed by atoms with Crippen LogP contribution in [-0.2, 0) is 10.2 Å². The van der Waals surface area contributed by atoms with Crippen molar-refractivity contribution >= 4 is 21.7 Å². The number of aryl methyl sites for hydroxylation is 2. The summed E-state index contributed by atoms with van der Waals surface area (Å²) in [5.41, 5.74) is 6.58. The van der Waals surface area contributed by atoms with Crippen LogP contribution in [0.25, 0.3) is 22.3 Å². The van der Waals surface area contributed by atoms with Crippen molar-refractivity contribution in [2.45, 2.75) is 27.7 Å². The predicted molar refractivity (Wildman–Crippen MR) is 139 cm³/mol. The van der Waals surface area contributed by atoms with Gasteiger partial charge in [-0.05, 0) is 80.3 Å². The molecule has 1 heterocycles. The summed E-state index contributed by atoms with van der Waals surface area (Å²) in [5.74, 6) is 0.319. The van der Waals surface area contributed by atoms with E-state index in [2.05, 4.69) is 34.9 Å². The lowest BCUT2D eigenvalue weighted by Crippen LogP contribution is -2.35. The van der Waals surface area contributed by atoms with Crippen LogP contribution < -0.4 is 14.3 Å². The molecule has 2 aromatic carbocycles. The summed E-state index contributed by atoms with van der Waals surface area (Å²) in [6, 6.07) is 12.4. The second-order valence-corrected chi connectivity index (χ2v) is 10.3. The first-order valence-electron chi connectivity index (χ1n) is 11.0. The molecule has 0 saturated carbocycles. The molecule has 0 aliphatic carbocycles. The predicted octanol–water partition coefficient (Wildman–Crippen LogP) is 5.45. The van der Waals surface area contributed by atoms with Crippen molar-refractivity contribution < 1.29 is 12.8 Å². The molecule has 3 rings (SSSR count). The second-order valence-electron chi connectivity index (χ2n) is 8.42. The van der Waals surface area contributed by atoms with Gasteiger partial charge in [-0.15, -0.1) is 0 Å². The number of pyridine rings is 1. The molecule has 0 bridgehead atoms. The highest BCUT2D eigenvalue weighted by molar-refractivity contribution is 7.90. The lowest BCUT2D eigenvalue weighted by atomic mass is 9.92. The number of hydrogen-bond donors (Lipinski definition) is 2. The summed E-state index contributed by atoms with van der Waals surface area (Å²) < 4.78 is 42.3. The third-order valence-corrected chi connectivity index (χ3v) is 7.11. The summed E-state index contributed by atoms with van der Waals surface area (Å²) >= 11 is 0. The Morgan fingerprint density at radius 3 is 2.29 bits per heavy atom. The van der Waals surface area contributed by atoms with Gasteiger partial charge in [-0.25, -0.2) is 14.1 Å². The largest absolute Gasteiger partial charge is 0.367 e. The van der Waals surface area contributed by atoms with Crippen molar-refractivity contribution in [3.63, 3.8) is 0 Å². The highest BCUT2D eigenvalue weighted by Crippen LogP contribution is 2.34. The van der Waals surface area contributed by atoms with Crippen LogP contribution in [0.2, 0.25) is 0 Å². The number of halogens is 1. The van der Waals surface area contributed by atoms with Crippen molar-refractivity contribution in [1.82, 2.24) is 9.71 Å². The molecule has 0 fully saturated rings. The smallest absolute Gasteiger partial charge is 0.301 e. The van der Waals surface area contributed by atoms with Gasteiger partial charge in [0.15, 0.2) is 0 Å². The Labute approximate surface area is 201 Å². The lowest BCUT2D eigenvalue weighted by Gasteiger charge is -2.19. The molecule has 0 spiro atoms. The molecule has 180 valence electrons. The second kappa shape index (κ2) is 10.4. The molecule has 2 N–H and O–H groups in total. The van der Waals surface area contributed by atoms with Crippen molar-refractivity contribution in [2.75, 3.05) is 30.3 Å². The zero-order chi connectivity index (χ0) is 25.0. The Hall–Kier alpha value is -3.23. The fourth-order valence-corrected chi connectivity index (χ4v) is 4.29. The van der Waals surface area contributed by atoms with Gasteiger partial charge in [0, 0.05) is 38.0 Å². The third-order valence-electron chi connectivity index (χ3n) is 5.66. The van der Waals surface area contributed by atoms with Gasteiger partial charge in [0.1, 0.15) is 11.6 Å². The van der Waals surface area contributed by atoms with Crippen LogP contribution in [0.1, 0.15) is 25.0 Å². The number of allylic oxidation sites excluding steroid dienone is 1. The van der Waals surface area contributed by atoms with E-state index in [1.807, 2.05) is 44.3 Å². The van der Waals surface area contributed by atoms with Gasteiger partial charge >= 0.3 is 10.2 Å². The Kier molecular flexibility index (Phi) is 7.74. The van der Waals surface area contributed by atoms with Crippen molar-refractivity contribution in [3.8, 4) is 22.3 Å². The molecule has 6 nitrogen and oxygen atoms in total. The molecule has 0 aliphatic rings. The van der Waals surface area contributed by atoms with Crippen molar-refractivity contribution in [2.24, 2.45) is 0 Å². The molecule has 3 aromatic rings. The summed E-state index contributed by atoms with van der Waals surface area (Å²) in [6.07, 6.45) is 3.94. The highest BCUT2D eigenvalue weighted by atomic mass is 32.2. The van der Waals surface area contributed by atoms with Gasteiger partial charge in [0.2, 0.25) is 0 Å². The fraction of sp³-hybridized carbons (Fsp3) is 0.269. The maximum Gasteiger partial charge on any atom is 0.301 e. The molecule has 0 saturated heterocycles. The SMILES string of the molecule is CNS(=O)(=O)N(C)c1ccc(-c2cc(C)c(-c3ccc(NCC=C(C)C)nc3)cc2C)c(F)c1. The number of nitrogens with zero attached hydrogens (tertiary/aromatic N) is 2. The summed E-state index contributed by atoms with van der Waals surface area (Å²) in [5, 5.41) is 3.27. The van der Waals surface area contributed by atoms with E-state index in [0.717, 1.165) is 44.5 Å². The number of benzene rings is 2. The number of aromatic nitrogens is 1. The van der Waals surface area contributed by atoms with E-state index in [1.54, 1.807) is 12.1 Å². The first kappa shape index (κ1) is 25.4. The van der Waals surface area contributed by atoms with Crippen LogP contribution in [0.15, 0.2) is 60.3 Å². The quantitative estimate of drug-likeness (QED) is 0.419. The Morgan fingerprint density at radius 2 is 1.71 bits per heavy atom. The van der Waals surface area contributed by atoms with Crippen LogP contribution >= 0.6 is 0 Å². The van der Waals surface area contributed by atoms with Gasteiger partial charge in [0.05, 0.1) is 5.69 Å². The van der Waals surface area contributed by atoms with E-state index in [0.29, 0.717) is 5.56 Å². The van der Waals surface area contributed by atoms with E-state index in [1.165, 1.54) is 25.7 Å². The van der Waals surface area contributed by atoms with Gasteiger partial charge < -0.3 is 5.32 Å².